The largest absolute Gasteiger partial charge is 0.372 e. The van der Waals surface area contributed by atoms with Gasteiger partial charge in [-0.05, 0) is 78.4 Å². The average Bonchev–Trinajstić information content (AvgIpc) is 2.93. The van der Waals surface area contributed by atoms with Crippen molar-refractivity contribution in [3.8, 4) is 0 Å². The third-order valence-electron chi connectivity index (χ3n) is 6.70. The minimum absolute atomic E-state index is 0.554. The molecule has 6 rings (SSSR count). The molecule has 112 valence electrons. The fourth-order valence-electron chi connectivity index (χ4n) is 6.03. The van der Waals surface area contributed by atoms with Crippen LogP contribution in [0.3, 0.4) is 0 Å². The van der Waals surface area contributed by atoms with Gasteiger partial charge in [-0.15, -0.1) is 0 Å². The molecule has 4 aliphatic carbocycles. The van der Waals surface area contributed by atoms with E-state index in [4.69, 9.17) is 4.74 Å². The van der Waals surface area contributed by atoms with E-state index < -0.39 is 0 Å². The van der Waals surface area contributed by atoms with Crippen LogP contribution in [-0.2, 0) is 18.0 Å². The standard InChI is InChI=1S/C19H23BrO/c20-19(13-1-2-14-9-21-10-17(14)8-13)18-15-4-11-3-12(6-15)7-16(18)5-11/h1-2,8,11-12,15-16,18-19H,3-7,9-10H2. The summed E-state index contributed by atoms with van der Waals surface area (Å²) in [6.07, 6.45) is 7.58. The maximum atomic E-state index is 5.57. The Morgan fingerprint density at radius 1 is 0.905 bits per heavy atom. The van der Waals surface area contributed by atoms with Gasteiger partial charge in [0.15, 0.2) is 0 Å². The van der Waals surface area contributed by atoms with E-state index in [1.54, 1.807) is 6.42 Å². The van der Waals surface area contributed by atoms with Crippen molar-refractivity contribution in [3.05, 3.63) is 34.9 Å². The Morgan fingerprint density at radius 3 is 2.29 bits per heavy atom. The molecular weight excluding hydrogens is 324 g/mol. The highest BCUT2D eigenvalue weighted by Crippen LogP contribution is 2.60. The molecule has 1 nitrogen and oxygen atoms in total. The maximum Gasteiger partial charge on any atom is 0.0725 e. The summed E-state index contributed by atoms with van der Waals surface area (Å²) in [7, 11) is 0. The van der Waals surface area contributed by atoms with Gasteiger partial charge in [0.1, 0.15) is 0 Å². The molecule has 1 aromatic rings. The zero-order valence-electron chi connectivity index (χ0n) is 12.4. The van der Waals surface area contributed by atoms with Crippen molar-refractivity contribution in [1.29, 1.82) is 0 Å². The Kier molecular flexibility index (Phi) is 3.02. The molecule has 5 aliphatic rings. The van der Waals surface area contributed by atoms with Crippen LogP contribution < -0.4 is 0 Å². The molecule has 1 atom stereocenters. The highest BCUT2D eigenvalue weighted by atomic mass is 79.9. The van der Waals surface area contributed by atoms with Crippen molar-refractivity contribution in [2.45, 2.75) is 50.1 Å². The predicted octanol–water partition coefficient (Wildman–Crippen LogP) is 5.23. The van der Waals surface area contributed by atoms with E-state index in [9.17, 15) is 0 Å². The molecule has 2 heteroatoms. The molecule has 4 saturated carbocycles. The number of alkyl halides is 1. The monoisotopic (exact) mass is 346 g/mol. The lowest BCUT2D eigenvalue weighted by Gasteiger charge is -2.55. The van der Waals surface area contributed by atoms with Gasteiger partial charge in [-0.1, -0.05) is 34.1 Å². The molecule has 0 amide bonds. The second-order valence-corrected chi connectivity index (χ2v) is 8.92. The quantitative estimate of drug-likeness (QED) is 0.666. The molecule has 0 aromatic heterocycles. The van der Waals surface area contributed by atoms with Crippen molar-refractivity contribution in [1.82, 2.24) is 0 Å². The van der Waals surface area contributed by atoms with Gasteiger partial charge >= 0.3 is 0 Å². The van der Waals surface area contributed by atoms with Crippen LogP contribution in [-0.4, -0.2) is 0 Å². The first-order valence-electron chi connectivity index (χ1n) is 8.61. The van der Waals surface area contributed by atoms with E-state index in [-0.39, 0.29) is 0 Å². The van der Waals surface area contributed by atoms with Crippen LogP contribution in [0.1, 0.15) is 53.6 Å². The Balaban J connectivity index is 1.44. The summed E-state index contributed by atoms with van der Waals surface area (Å²) in [6, 6.07) is 7.05. The lowest BCUT2D eigenvalue weighted by molar-refractivity contribution is -0.0364. The van der Waals surface area contributed by atoms with Crippen molar-refractivity contribution < 1.29 is 4.74 Å². The molecule has 1 heterocycles. The molecule has 4 fully saturated rings. The summed E-state index contributed by atoms with van der Waals surface area (Å²) >= 11 is 4.11. The van der Waals surface area contributed by atoms with Crippen molar-refractivity contribution >= 4 is 15.9 Å². The minimum atomic E-state index is 0.554. The van der Waals surface area contributed by atoms with E-state index in [0.717, 1.165) is 42.8 Å². The van der Waals surface area contributed by atoms with E-state index in [1.807, 2.05) is 0 Å². The number of halogens is 1. The number of ether oxygens (including phenoxy) is 1. The van der Waals surface area contributed by atoms with Gasteiger partial charge in [-0.2, -0.15) is 0 Å². The summed E-state index contributed by atoms with van der Waals surface area (Å²) in [4.78, 5) is 0.554. The second-order valence-electron chi connectivity index (χ2n) is 7.93. The van der Waals surface area contributed by atoms with Gasteiger partial charge in [-0.25, -0.2) is 0 Å². The Hall–Kier alpha value is -0.340. The van der Waals surface area contributed by atoms with Crippen LogP contribution in [0.25, 0.3) is 0 Å². The summed E-state index contributed by atoms with van der Waals surface area (Å²) in [5.74, 6) is 4.97. The van der Waals surface area contributed by atoms with Crippen LogP contribution in [0.4, 0.5) is 0 Å². The summed E-state index contributed by atoms with van der Waals surface area (Å²) in [6.45, 7) is 1.62. The number of rotatable bonds is 2. The first kappa shape index (κ1) is 13.1. The molecule has 0 radical (unpaired) electrons. The van der Waals surface area contributed by atoms with E-state index in [1.165, 1.54) is 42.4 Å². The first-order valence-corrected chi connectivity index (χ1v) is 9.53. The summed E-state index contributed by atoms with van der Waals surface area (Å²) < 4.78 is 5.57. The fourth-order valence-corrected chi connectivity index (χ4v) is 7.18. The summed E-state index contributed by atoms with van der Waals surface area (Å²) in [5.41, 5.74) is 4.31. The van der Waals surface area contributed by atoms with Gasteiger partial charge in [-0.3, -0.25) is 0 Å². The predicted molar refractivity (Wildman–Crippen MR) is 87.1 cm³/mol. The van der Waals surface area contributed by atoms with Crippen LogP contribution in [0.15, 0.2) is 18.2 Å². The molecule has 0 saturated heterocycles. The number of benzene rings is 1. The van der Waals surface area contributed by atoms with Crippen LogP contribution in [0.5, 0.6) is 0 Å². The van der Waals surface area contributed by atoms with Crippen molar-refractivity contribution in [2.24, 2.45) is 29.6 Å². The van der Waals surface area contributed by atoms with Gasteiger partial charge < -0.3 is 4.74 Å². The van der Waals surface area contributed by atoms with E-state index in [2.05, 4.69) is 34.1 Å². The van der Waals surface area contributed by atoms with Crippen molar-refractivity contribution in [2.75, 3.05) is 0 Å². The lowest BCUT2D eigenvalue weighted by atomic mass is 9.51. The number of fused-ring (bicyclic) bond motifs is 1. The van der Waals surface area contributed by atoms with Gasteiger partial charge in [0.25, 0.3) is 0 Å². The number of hydrogen-bond acceptors (Lipinski definition) is 1. The molecule has 1 aliphatic heterocycles. The third kappa shape index (κ3) is 2.05. The molecule has 1 unspecified atom stereocenters. The van der Waals surface area contributed by atoms with Crippen molar-refractivity contribution in [3.63, 3.8) is 0 Å². The second kappa shape index (κ2) is 4.83. The Labute approximate surface area is 135 Å². The van der Waals surface area contributed by atoms with E-state index >= 15 is 0 Å². The maximum absolute atomic E-state index is 5.57. The van der Waals surface area contributed by atoms with Crippen LogP contribution >= 0.6 is 15.9 Å². The molecule has 4 bridgehead atoms. The van der Waals surface area contributed by atoms with E-state index in [0.29, 0.717) is 4.83 Å². The highest BCUT2D eigenvalue weighted by molar-refractivity contribution is 9.09. The number of hydrogen-bond donors (Lipinski definition) is 0. The summed E-state index contributed by atoms with van der Waals surface area (Å²) in [5, 5.41) is 0. The van der Waals surface area contributed by atoms with Crippen LogP contribution in [0, 0.1) is 29.6 Å². The zero-order valence-corrected chi connectivity index (χ0v) is 14.0. The zero-order chi connectivity index (χ0) is 14.0. The molecular formula is C19H23BrO. The highest BCUT2D eigenvalue weighted by Gasteiger charge is 2.50. The minimum Gasteiger partial charge on any atom is -0.372 e. The van der Waals surface area contributed by atoms with Crippen LogP contribution in [0.2, 0.25) is 0 Å². The van der Waals surface area contributed by atoms with Gasteiger partial charge in [0, 0.05) is 4.83 Å². The topological polar surface area (TPSA) is 9.23 Å². The van der Waals surface area contributed by atoms with Gasteiger partial charge in [0.2, 0.25) is 0 Å². The lowest BCUT2D eigenvalue weighted by Crippen LogP contribution is -2.46. The Morgan fingerprint density at radius 2 is 1.57 bits per heavy atom. The Bertz CT molecular complexity index is 539. The molecule has 0 N–H and O–H groups in total. The molecule has 21 heavy (non-hydrogen) atoms. The molecule has 1 aromatic carbocycles. The average molecular weight is 347 g/mol. The first-order chi connectivity index (χ1) is 10.3. The van der Waals surface area contributed by atoms with Gasteiger partial charge in [0.05, 0.1) is 13.2 Å². The smallest absolute Gasteiger partial charge is 0.0725 e. The fraction of sp³-hybridized carbons (Fsp3) is 0.684. The SMILES string of the molecule is BrC(c1ccc2c(c1)COC2)C1C2CC3CC(C2)CC1C3. The molecule has 0 spiro atoms. The third-order valence-corrected chi connectivity index (χ3v) is 7.84. The normalized spacial score (nSPS) is 41.3.